The monoisotopic (exact) mass is 298 g/mol. The lowest BCUT2D eigenvalue weighted by atomic mass is 9.92. The van der Waals surface area contributed by atoms with Crippen LogP contribution in [0.15, 0.2) is 28.7 Å². The summed E-state index contributed by atoms with van der Waals surface area (Å²) >= 11 is 3.46. The first kappa shape index (κ1) is 14.4. The molecule has 0 heterocycles. The fraction of sp³-hybridized carbons (Fsp3) is 0.500. The van der Waals surface area contributed by atoms with E-state index in [-0.39, 0.29) is 5.78 Å². The third-order valence-corrected chi connectivity index (χ3v) is 3.81. The van der Waals surface area contributed by atoms with Gasteiger partial charge in [-0.25, -0.2) is 0 Å². The number of hydrogen-bond acceptors (Lipinski definition) is 2. The highest BCUT2D eigenvalue weighted by Crippen LogP contribution is 2.22. The lowest BCUT2D eigenvalue weighted by Gasteiger charge is -2.26. The Morgan fingerprint density at radius 2 is 2.00 bits per heavy atom. The van der Waals surface area contributed by atoms with Crippen LogP contribution in [-0.2, 0) is 16.0 Å². The Kier molecular flexibility index (Phi) is 5.34. The first-order valence-corrected chi connectivity index (χ1v) is 6.73. The van der Waals surface area contributed by atoms with Crippen molar-refractivity contribution in [1.29, 1.82) is 0 Å². The highest BCUT2D eigenvalue weighted by atomic mass is 79.9. The third kappa shape index (κ3) is 3.65. The zero-order valence-corrected chi connectivity index (χ0v) is 12.2. The molecule has 2 nitrogen and oxygen atoms in total. The van der Waals surface area contributed by atoms with Gasteiger partial charge in [0.05, 0.1) is 0 Å². The molecule has 0 aliphatic carbocycles. The van der Waals surface area contributed by atoms with Gasteiger partial charge >= 0.3 is 0 Å². The van der Waals surface area contributed by atoms with Crippen LogP contribution in [0.4, 0.5) is 0 Å². The van der Waals surface area contributed by atoms with Crippen LogP contribution in [0, 0.1) is 0 Å². The van der Waals surface area contributed by atoms with Gasteiger partial charge in [0, 0.05) is 17.5 Å². The molecule has 1 aromatic rings. The van der Waals surface area contributed by atoms with E-state index in [0.717, 1.165) is 10.0 Å². The van der Waals surface area contributed by atoms with E-state index < -0.39 is 5.60 Å². The molecule has 0 saturated heterocycles. The van der Waals surface area contributed by atoms with Gasteiger partial charge in [-0.3, -0.25) is 4.79 Å². The highest BCUT2D eigenvalue weighted by Gasteiger charge is 2.31. The van der Waals surface area contributed by atoms with E-state index in [9.17, 15) is 4.79 Å². The van der Waals surface area contributed by atoms with Crippen molar-refractivity contribution < 1.29 is 9.53 Å². The second kappa shape index (κ2) is 6.31. The van der Waals surface area contributed by atoms with Crippen molar-refractivity contribution in [3.63, 3.8) is 0 Å². The Morgan fingerprint density at radius 1 is 1.35 bits per heavy atom. The van der Waals surface area contributed by atoms with Crippen LogP contribution in [0.3, 0.4) is 0 Å². The number of rotatable bonds is 6. The predicted octanol–water partition coefficient (Wildman–Crippen LogP) is 3.77. The minimum atomic E-state index is -0.663. The van der Waals surface area contributed by atoms with Gasteiger partial charge in [-0.1, -0.05) is 41.1 Å². The summed E-state index contributed by atoms with van der Waals surface area (Å²) in [5.41, 5.74) is 0.348. The molecule has 0 fully saturated rings. The highest BCUT2D eigenvalue weighted by molar-refractivity contribution is 9.10. The number of carbonyl (C=O) groups is 1. The first-order valence-electron chi connectivity index (χ1n) is 5.94. The van der Waals surface area contributed by atoms with Crippen LogP contribution in [0.5, 0.6) is 0 Å². The molecule has 0 aromatic heterocycles. The SMILES string of the molecule is CCOC(C)(CC)C(=O)Cc1ccccc1Br. The molecule has 1 aromatic carbocycles. The van der Waals surface area contributed by atoms with Crippen molar-refractivity contribution in [2.24, 2.45) is 0 Å². The number of carbonyl (C=O) groups excluding carboxylic acids is 1. The first-order chi connectivity index (χ1) is 8.03. The molecule has 0 aliphatic heterocycles. The molecule has 1 rings (SSSR count). The smallest absolute Gasteiger partial charge is 0.168 e. The molecule has 1 unspecified atom stereocenters. The average molecular weight is 299 g/mol. The number of ether oxygens (including phenoxy) is 1. The molecule has 0 aliphatic rings. The van der Waals surface area contributed by atoms with Gasteiger partial charge < -0.3 is 4.74 Å². The van der Waals surface area contributed by atoms with Crippen LogP contribution in [0.1, 0.15) is 32.8 Å². The topological polar surface area (TPSA) is 26.3 Å². The summed E-state index contributed by atoms with van der Waals surface area (Å²) in [5, 5.41) is 0. The summed E-state index contributed by atoms with van der Waals surface area (Å²) in [5.74, 6) is 0.133. The summed E-state index contributed by atoms with van der Waals surface area (Å²) < 4.78 is 6.56. The Balaban J connectivity index is 2.81. The summed E-state index contributed by atoms with van der Waals surface area (Å²) in [6.45, 7) is 6.33. The van der Waals surface area contributed by atoms with Gasteiger partial charge in [0.1, 0.15) is 5.60 Å². The van der Waals surface area contributed by atoms with Gasteiger partial charge in [-0.2, -0.15) is 0 Å². The van der Waals surface area contributed by atoms with Crippen LogP contribution in [-0.4, -0.2) is 18.0 Å². The maximum atomic E-state index is 12.3. The van der Waals surface area contributed by atoms with Crippen molar-refractivity contribution in [1.82, 2.24) is 0 Å². The average Bonchev–Trinajstić information content (AvgIpc) is 2.32. The molecular weight excluding hydrogens is 280 g/mol. The van der Waals surface area contributed by atoms with Crippen molar-refractivity contribution >= 4 is 21.7 Å². The lowest BCUT2D eigenvalue weighted by molar-refractivity contribution is -0.141. The van der Waals surface area contributed by atoms with Gasteiger partial charge in [-0.05, 0) is 31.9 Å². The molecule has 94 valence electrons. The van der Waals surface area contributed by atoms with Gasteiger partial charge in [-0.15, -0.1) is 0 Å². The van der Waals surface area contributed by atoms with Crippen molar-refractivity contribution in [2.45, 2.75) is 39.2 Å². The second-order valence-electron chi connectivity index (χ2n) is 4.21. The predicted molar refractivity (Wildman–Crippen MR) is 73.2 cm³/mol. The number of Topliss-reactive ketones (excluding diaryl/α,β-unsaturated/α-hetero) is 1. The Morgan fingerprint density at radius 3 is 2.53 bits per heavy atom. The fourth-order valence-electron chi connectivity index (χ4n) is 1.70. The van der Waals surface area contributed by atoms with E-state index in [1.807, 2.05) is 45.0 Å². The van der Waals surface area contributed by atoms with Crippen LogP contribution < -0.4 is 0 Å². The molecule has 17 heavy (non-hydrogen) atoms. The van der Waals surface area contributed by atoms with Crippen LogP contribution in [0.25, 0.3) is 0 Å². The van der Waals surface area contributed by atoms with E-state index in [4.69, 9.17) is 4.74 Å². The lowest BCUT2D eigenvalue weighted by Crippen LogP contribution is -2.39. The number of ketones is 1. The van der Waals surface area contributed by atoms with E-state index in [1.54, 1.807) is 0 Å². The fourth-order valence-corrected chi connectivity index (χ4v) is 2.12. The zero-order chi connectivity index (χ0) is 12.9. The minimum Gasteiger partial charge on any atom is -0.368 e. The quantitative estimate of drug-likeness (QED) is 0.799. The largest absolute Gasteiger partial charge is 0.368 e. The maximum Gasteiger partial charge on any atom is 0.168 e. The number of hydrogen-bond donors (Lipinski definition) is 0. The van der Waals surface area contributed by atoms with Crippen molar-refractivity contribution in [2.75, 3.05) is 6.61 Å². The van der Waals surface area contributed by atoms with Crippen molar-refractivity contribution in [3.8, 4) is 0 Å². The molecule has 0 saturated carbocycles. The van der Waals surface area contributed by atoms with Crippen molar-refractivity contribution in [3.05, 3.63) is 34.3 Å². The minimum absolute atomic E-state index is 0.133. The Bertz CT molecular complexity index is 390. The summed E-state index contributed by atoms with van der Waals surface area (Å²) in [6.07, 6.45) is 1.11. The van der Waals surface area contributed by atoms with E-state index in [2.05, 4.69) is 15.9 Å². The molecule has 1 atom stereocenters. The molecule has 0 N–H and O–H groups in total. The van der Waals surface area contributed by atoms with Crippen LogP contribution in [0.2, 0.25) is 0 Å². The molecular formula is C14H19BrO2. The molecule has 0 bridgehead atoms. The summed E-state index contributed by atoms with van der Waals surface area (Å²) in [4.78, 5) is 12.3. The summed E-state index contributed by atoms with van der Waals surface area (Å²) in [7, 11) is 0. The van der Waals surface area contributed by atoms with E-state index in [0.29, 0.717) is 19.4 Å². The molecule has 3 heteroatoms. The van der Waals surface area contributed by atoms with Crippen LogP contribution >= 0.6 is 15.9 Å². The zero-order valence-electron chi connectivity index (χ0n) is 10.6. The maximum absolute atomic E-state index is 12.3. The number of halogens is 1. The van der Waals surface area contributed by atoms with Gasteiger partial charge in [0.15, 0.2) is 5.78 Å². The molecule has 0 amide bonds. The normalized spacial score (nSPS) is 14.4. The Hall–Kier alpha value is -0.670. The number of benzene rings is 1. The van der Waals surface area contributed by atoms with Gasteiger partial charge in [0.2, 0.25) is 0 Å². The third-order valence-electron chi connectivity index (χ3n) is 3.04. The van der Waals surface area contributed by atoms with E-state index >= 15 is 0 Å². The molecule has 0 spiro atoms. The van der Waals surface area contributed by atoms with E-state index in [1.165, 1.54) is 0 Å². The molecule has 0 radical (unpaired) electrons. The summed E-state index contributed by atoms with van der Waals surface area (Å²) in [6, 6.07) is 7.80. The Labute approximate surface area is 111 Å². The second-order valence-corrected chi connectivity index (χ2v) is 5.06. The van der Waals surface area contributed by atoms with Gasteiger partial charge in [0.25, 0.3) is 0 Å². The standard InChI is InChI=1S/C14H19BrO2/c1-4-14(3,17-5-2)13(16)10-11-8-6-7-9-12(11)15/h6-9H,4-5,10H2,1-3H3.